The van der Waals surface area contributed by atoms with Crippen molar-refractivity contribution in [2.75, 3.05) is 14.2 Å². The molecule has 1 unspecified atom stereocenters. The zero-order chi connectivity index (χ0) is 13.1. The summed E-state index contributed by atoms with van der Waals surface area (Å²) in [6, 6.07) is 6.81. The molecule has 0 aliphatic rings. The summed E-state index contributed by atoms with van der Waals surface area (Å²) in [5.41, 5.74) is 2.80. The maximum absolute atomic E-state index is 5.43. The number of rotatable bonds is 4. The molecule has 1 N–H and O–H groups in total. The van der Waals surface area contributed by atoms with Crippen molar-refractivity contribution in [1.82, 2.24) is 5.32 Å². The van der Waals surface area contributed by atoms with Crippen LogP contribution in [0.25, 0.3) is 0 Å². The van der Waals surface area contributed by atoms with Gasteiger partial charge in [-0.15, -0.1) is 0 Å². The lowest BCUT2D eigenvalue weighted by atomic mass is 9.83. The molecule has 0 heterocycles. The fourth-order valence-electron chi connectivity index (χ4n) is 2.13. The Hall–Kier alpha value is -1.02. The Bertz CT molecular complexity index is 366. The Morgan fingerprint density at radius 3 is 2.41 bits per heavy atom. The predicted molar refractivity (Wildman–Crippen MR) is 73.7 cm³/mol. The molecule has 2 nitrogen and oxygen atoms in total. The van der Waals surface area contributed by atoms with E-state index < -0.39 is 0 Å². The van der Waals surface area contributed by atoms with Gasteiger partial charge in [-0.3, -0.25) is 0 Å². The van der Waals surface area contributed by atoms with Gasteiger partial charge in [0.2, 0.25) is 0 Å². The zero-order valence-corrected chi connectivity index (χ0v) is 11.9. The Balaban J connectivity index is 2.96. The maximum Gasteiger partial charge on any atom is 0.122 e. The minimum atomic E-state index is 0.240. The van der Waals surface area contributed by atoms with E-state index in [0.29, 0.717) is 6.04 Å². The van der Waals surface area contributed by atoms with E-state index in [-0.39, 0.29) is 5.41 Å². The summed E-state index contributed by atoms with van der Waals surface area (Å²) in [5.74, 6) is 0.986. The second-order valence-electron chi connectivity index (χ2n) is 5.73. The lowest BCUT2D eigenvalue weighted by molar-refractivity contribution is 0.277. The summed E-state index contributed by atoms with van der Waals surface area (Å²) in [5, 5.41) is 3.41. The Morgan fingerprint density at radius 1 is 1.29 bits per heavy atom. The molecule has 0 spiro atoms. The number of ether oxygens (including phenoxy) is 1. The lowest BCUT2D eigenvalue weighted by Gasteiger charge is -2.31. The molecule has 2 heteroatoms. The van der Waals surface area contributed by atoms with E-state index in [1.165, 1.54) is 11.1 Å². The number of hydrogen-bond acceptors (Lipinski definition) is 2. The highest BCUT2D eigenvalue weighted by molar-refractivity contribution is 5.37. The molecular formula is C15H25NO. The molecule has 0 saturated heterocycles. The molecule has 0 fully saturated rings. The average molecular weight is 235 g/mol. The van der Waals surface area contributed by atoms with Gasteiger partial charge in [-0.25, -0.2) is 0 Å². The molecular weight excluding hydrogens is 210 g/mol. The van der Waals surface area contributed by atoms with Crippen LogP contribution in [0.1, 0.15) is 31.9 Å². The number of likely N-dealkylation sites (N-methyl/N-ethyl adjacent to an activating group) is 1. The fourth-order valence-corrected chi connectivity index (χ4v) is 2.13. The summed E-state index contributed by atoms with van der Waals surface area (Å²) < 4.78 is 5.43. The van der Waals surface area contributed by atoms with E-state index in [1.807, 2.05) is 7.05 Å². The summed E-state index contributed by atoms with van der Waals surface area (Å²) in [7, 11) is 3.76. The second-order valence-corrected chi connectivity index (χ2v) is 5.73. The largest absolute Gasteiger partial charge is 0.496 e. The maximum atomic E-state index is 5.43. The Morgan fingerprint density at radius 2 is 1.94 bits per heavy atom. The van der Waals surface area contributed by atoms with Gasteiger partial charge in [-0.1, -0.05) is 38.5 Å². The highest BCUT2D eigenvalue weighted by Gasteiger charge is 2.24. The van der Waals surface area contributed by atoms with Crippen LogP contribution < -0.4 is 10.1 Å². The van der Waals surface area contributed by atoms with Gasteiger partial charge in [0.05, 0.1) is 7.11 Å². The van der Waals surface area contributed by atoms with Gasteiger partial charge in [0.15, 0.2) is 0 Å². The summed E-state index contributed by atoms with van der Waals surface area (Å²) in [4.78, 5) is 0. The van der Waals surface area contributed by atoms with Crippen molar-refractivity contribution >= 4 is 0 Å². The van der Waals surface area contributed by atoms with Gasteiger partial charge >= 0.3 is 0 Å². The number of benzene rings is 1. The molecule has 17 heavy (non-hydrogen) atoms. The lowest BCUT2D eigenvalue weighted by Crippen LogP contribution is -2.39. The molecule has 1 atom stereocenters. The number of hydrogen-bond donors (Lipinski definition) is 1. The van der Waals surface area contributed by atoms with Crippen LogP contribution >= 0.6 is 0 Å². The molecule has 96 valence electrons. The van der Waals surface area contributed by atoms with Crippen molar-refractivity contribution in [3.05, 3.63) is 29.3 Å². The Kier molecular flexibility index (Phi) is 4.58. The molecule has 0 saturated carbocycles. The second kappa shape index (κ2) is 5.54. The number of methoxy groups -OCH3 is 1. The van der Waals surface area contributed by atoms with Crippen molar-refractivity contribution in [3.8, 4) is 5.75 Å². The molecule has 0 radical (unpaired) electrons. The van der Waals surface area contributed by atoms with Crippen LogP contribution in [0, 0.1) is 12.3 Å². The molecule has 0 bridgehead atoms. The first kappa shape index (κ1) is 14.0. The van der Waals surface area contributed by atoms with E-state index in [1.54, 1.807) is 7.11 Å². The third-order valence-electron chi connectivity index (χ3n) is 3.25. The number of aryl methyl sites for hydroxylation is 1. The molecule has 1 rings (SSSR count). The van der Waals surface area contributed by atoms with Crippen LogP contribution in [0.2, 0.25) is 0 Å². The van der Waals surface area contributed by atoms with E-state index in [2.05, 4.69) is 51.2 Å². The van der Waals surface area contributed by atoms with Crippen molar-refractivity contribution in [2.24, 2.45) is 5.41 Å². The van der Waals surface area contributed by atoms with E-state index in [9.17, 15) is 0 Å². The molecule has 1 aromatic rings. The van der Waals surface area contributed by atoms with E-state index in [4.69, 9.17) is 4.74 Å². The van der Waals surface area contributed by atoms with Crippen molar-refractivity contribution < 1.29 is 4.74 Å². The molecule has 0 aliphatic carbocycles. The highest BCUT2D eigenvalue weighted by Crippen LogP contribution is 2.27. The van der Waals surface area contributed by atoms with Crippen LogP contribution in [0.15, 0.2) is 18.2 Å². The predicted octanol–water partition coefficient (Wildman–Crippen LogP) is 3.18. The van der Waals surface area contributed by atoms with Gasteiger partial charge in [0.1, 0.15) is 5.75 Å². The van der Waals surface area contributed by atoms with Crippen molar-refractivity contribution in [1.29, 1.82) is 0 Å². The molecule has 1 aromatic carbocycles. The van der Waals surface area contributed by atoms with Crippen LogP contribution in [-0.4, -0.2) is 20.2 Å². The highest BCUT2D eigenvalue weighted by atomic mass is 16.5. The van der Waals surface area contributed by atoms with Crippen LogP contribution in [0.3, 0.4) is 0 Å². The summed E-state index contributed by atoms with van der Waals surface area (Å²) >= 11 is 0. The van der Waals surface area contributed by atoms with Crippen LogP contribution in [0.5, 0.6) is 5.75 Å². The van der Waals surface area contributed by atoms with Gasteiger partial charge in [0.25, 0.3) is 0 Å². The quantitative estimate of drug-likeness (QED) is 0.865. The smallest absolute Gasteiger partial charge is 0.122 e. The summed E-state index contributed by atoms with van der Waals surface area (Å²) in [6.45, 7) is 8.90. The molecule has 0 aromatic heterocycles. The van der Waals surface area contributed by atoms with Crippen LogP contribution in [0.4, 0.5) is 0 Å². The SMILES string of the molecule is CNC(Cc1cc(C)ccc1OC)C(C)(C)C. The standard InChI is InChI=1S/C15H25NO/c1-11-7-8-13(17-6)12(9-11)10-14(16-5)15(2,3)4/h7-9,14,16H,10H2,1-6H3. The zero-order valence-electron chi connectivity index (χ0n) is 11.9. The average Bonchev–Trinajstić information content (AvgIpc) is 2.24. The first-order valence-corrected chi connectivity index (χ1v) is 6.19. The van der Waals surface area contributed by atoms with E-state index in [0.717, 1.165) is 12.2 Å². The van der Waals surface area contributed by atoms with Gasteiger partial charge < -0.3 is 10.1 Å². The van der Waals surface area contributed by atoms with Crippen LogP contribution in [-0.2, 0) is 6.42 Å². The van der Waals surface area contributed by atoms with Gasteiger partial charge in [-0.05, 0) is 37.4 Å². The fraction of sp³-hybridized carbons (Fsp3) is 0.600. The molecule has 0 amide bonds. The van der Waals surface area contributed by atoms with Crippen molar-refractivity contribution in [2.45, 2.75) is 40.2 Å². The summed E-state index contributed by atoms with van der Waals surface area (Å²) in [6.07, 6.45) is 0.991. The number of nitrogens with one attached hydrogen (secondary N) is 1. The van der Waals surface area contributed by atoms with Crippen molar-refractivity contribution in [3.63, 3.8) is 0 Å². The first-order valence-electron chi connectivity index (χ1n) is 6.19. The van der Waals surface area contributed by atoms with Gasteiger partial charge in [-0.2, -0.15) is 0 Å². The topological polar surface area (TPSA) is 21.3 Å². The Labute approximate surface area is 105 Å². The third kappa shape index (κ3) is 3.74. The molecule has 0 aliphatic heterocycles. The first-order chi connectivity index (χ1) is 7.88. The minimum absolute atomic E-state index is 0.240. The monoisotopic (exact) mass is 235 g/mol. The normalized spacial score (nSPS) is 13.5. The third-order valence-corrected chi connectivity index (χ3v) is 3.25. The van der Waals surface area contributed by atoms with E-state index >= 15 is 0 Å². The minimum Gasteiger partial charge on any atom is -0.496 e. The van der Waals surface area contributed by atoms with Gasteiger partial charge in [0, 0.05) is 6.04 Å².